The van der Waals surface area contributed by atoms with Gasteiger partial charge in [-0.15, -0.1) is 0 Å². The maximum Gasteiger partial charge on any atom is 0.0245 e. The summed E-state index contributed by atoms with van der Waals surface area (Å²) in [5.41, 5.74) is 2.75. The van der Waals surface area contributed by atoms with Crippen LogP contribution in [0.4, 0.5) is 0 Å². The third-order valence-electron chi connectivity index (χ3n) is 3.73. The standard InChI is InChI=1S/C18H23N/c1-14(2)18(19-3)17(15-10-6-4-7-11-15)16-12-8-5-9-13-16/h4-14,17-19H,1-3H3/t18-/m0/s1. The molecule has 2 aromatic rings. The molecule has 1 heteroatoms. The summed E-state index contributed by atoms with van der Waals surface area (Å²) in [6.45, 7) is 4.56. The second-order valence-corrected chi connectivity index (χ2v) is 5.36. The van der Waals surface area contributed by atoms with Crippen LogP contribution in [-0.2, 0) is 0 Å². The number of benzene rings is 2. The lowest BCUT2D eigenvalue weighted by molar-refractivity contribution is 0.390. The lowest BCUT2D eigenvalue weighted by atomic mass is 9.80. The Bertz CT molecular complexity index is 436. The van der Waals surface area contributed by atoms with Crippen LogP contribution in [0.25, 0.3) is 0 Å². The van der Waals surface area contributed by atoms with Crippen molar-refractivity contribution in [2.24, 2.45) is 5.92 Å². The maximum atomic E-state index is 3.50. The fourth-order valence-electron chi connectivity index (χ4n) is 2.81. The van der Waals surface area contributed by atoms with Crippen LogP contribution in [-0.4, -0.2) is 13.1 Å². The molecule has 19 heavy (non-hydrogen) atoms. The van der Waals surface area contributed by atoms with Gasteiger partial charge >= 0.3 is 0 Å². The molecule has 0 aromatic heterocycles. The quantitative estimate of drug-likeness (QED) is 0.847. The first-order valence-electron chi connectivity index (χ1n) is 7.01. The monoisotopic (exact) mass is 253 g/mol. The van der Waals surface area contributed by atoms with E-state index < -0.39 is 0 Å². The molecule has 0 fully saturated rings. The third-order valence-corrected chi connectivity index (χ3v) is 3.73. The van der Waals surface area contributed by atoms with Gasteiger partial charge in [0, 0.05) is 12.0 Å². The highest BCUT2D eigenvalue weighted by Crippen LogP contribution is 2.31. The largest absolute Gasteiger partial charge is 0.316 e. The molecule has 1 N–H and O–H groups in total. The smallest absolute Gasteiger partial charge is 0.0245 e. The molecule has 0 unspecified atom stereocenters. The molecule has 0 bridgehead atoms. The highest BCUT2D eigenvalue weighted by molar-refractivity contribution is 5.34. The Hall–Kier alpha value is -1.60. The molecule has 0 aliphatic heterocycles. The summed E-state index contributed by atoms with van der Waals surface area (Å²) in [5.74, 6) is 0.975. The van der Waals surface area contributed by atoms with Gasteiger partial charge in [0.25, 0.3) is 0 Å². The van der Waals surface area contributed by atoms with E-state index >= 15 is 0 Å². The molecule has 0 aliphatic rings. The van der Waals surface area contributed by atoms with Gasteiger partial charge < -0.3 is 5.32 Å². The molecular formula is C18H23N. The minimum absolute atomic E-state index is 0.396. The van der Waals surface area contributed by atoms with Crippen molar-refractivity contribution < 1.29 is 0 Å². The van der Waals surface area contributed by atoms with Crippen LogP contribution in [0.1, 0.15) is 30.9 Å². The molecular weight excluding hydrogens is 230 g/mol. The van der Waals surface area contributed by atoms with Crippen LogP contribution >= 0.6 is 0 Å². The van der Waals surface area contributed by atoms with Crippen molar-refractivity contribution in [3.05, 3.63) is 71.8 Å². The summed E-state index contributed by atoms with van der Waals surface area (Å²) in [5, 5.41) is 3.50. The first-order valence-corrected chi connectivity index (χ1v) is 7.01. The number of nitrogens with one attached hydrogen (secondary N) is 1. The molecule has 0 saturated heterocycles. The third kappa shape index (κ3) is 3.24. The van der Waals surface area contributed by atoms with Crippen molar-refractivity contribution in [1.82, 2.24) is 5.32 Å². The van der Waals surface area contributed by atoms with Gasteiger partial charge in [-0.05, 0) is 24.1 Å². The second kappa shape index (κ2) is 6.53. The van der Waals surface area contributed by atoms with Gasteiger partial charge in [-0.1, -0.05) is 74.5 Å². The van der Waals surface area contributed by atoms with Crippen molar-refractivity contribution in [3.63, 3.8) is 0 Å². The van der Waals surface area contributed by atoms with Crippen molar-refractivity contribution in [1.29, 1.82) is 0 Å². The van der Waals surface area contributed by atoms with E-state index in [0.29, 0.717) is 17.9 Å². The summed E-state index contributed by atoms with van der Waals surface area (Å²) in [7, 11) is 2.06. The Balaban J connectivity index is 2.45. The zero-order chi connectivity index (χ0) is 13.7. The number of hydrogen-bond donors (Lipinski definition) is 1. The normalized spacial score (nSPS) is 12.9. The fourth-order valence-corrected chi connectivity index (χ4v) is 2.81. The summed E-state index contributed by atoms with van der Waals surface area (Å²) in [4.78, 5) is 0. The topological polar surface area (TPSA) is 12.0 Å². The highest BCUT2D eigenvalue weighted by Gasteiger charge is 2.25. The zero-order valence-electron chi connectivity index (χ0n) is 12.0. The molecule has 2 rings (SSSR count). The van der Waals surface area contributed by atoms with Crippen LogP contribution in [0.5, 0.6) is 0 Å². The van der Waals surface area contributed by atoms with Gasteiger partial charge in [0.2, 0.25) is 0 Å². The van der Waals surface area contributed by atoms with E-state index in [1.807, 2.05) is 0 Å². The molecule has 0 aliphatic carbocycles. The molecule has 2 aromatic carbocycles. The van der Waals surface area contributed by atoms with Crippen molar-refractivity contribution in [2.45, 2.75) is 25.8 Å². The lowest BCUT2D eigenvalue weighted by Crippen LogP contribution is -2.37. The molecule has 0 heterocycles. The van der Waals surface area contributed by atoms with Gasteiger partial charge in [-0.3, -0.25) is 0 Å². The van der Waals surface area contributed by atoms with E-state index in [9.17, 15) is 0 Å². The van der Waals surface area contributed by atoms with E-state index in [-0.39, 0.29) is 0 Å². The van der Waals surface area contributed by atoms with Gasteiger partial charge in [-0.25, -0.2) is 0 Å². The van der Waals surface area contributed by atoms with E-state index in [1.165, 1.54) is 11.1 Å². The molecule has 1 nitrogen and oxygen atoms in total. The van der Waals surface area contributed by atoms with Crippen LogP contribution in [0, 0.1) is 5.92 Å². The van der Waals surface area contributed by atoms with Crippen molar-refractivity contribution in [2.75, 3.05) is 7.05 Å². The minimum atomic E-state index is 0.396. The van der Waals surface area contributed by atoms with Crippen molar-refractivity contribution in [3.8, 4) is 0 Å². The maximum absolute atomic E-state index is 3.50. The summed E-state index contributed by atoms with van der Waals surface area (Å²) >= 11 is 0. The lowest BCUT2D eigenvalue weighted by Gasteiger charge is -2.31. The average molecular weight is 253 g/mol. The number of likely N-dealkylation sites (N-methyl/N-ethyl adjacent to an activating group) is 1. The zero-order valence-corrected chi connectivity index (χ0v) is 12.0. The average Bonchev–Trinajstić information content (AvgIpc) is 2.46. The van der Waals surface area contributed by atoms with Crippen LogP contribution in [0.15, 0.2) is 60.7 Å². The molecule has 100 valence electrons. The summed E-state index contributed by atoms with van der Waals surface area (Å²) in [6.07, 6.45) is 0. The molecule has 0 saturated carbocycles. The Morgan fingerprint density at radius 3 is 1.47 bits per heavy atom. The molecule has 1 atom stereocenters. The van der Waals surface area contributed by atoms with Crippen LogP contribution in [0.2, 0.25) is 0 Å². The van der Waals surface area contributed by atoms with E-state index in [0.717, 1.165) is 0 Å². The Labute approximate surface area is 116 Å². The van der Waals surface area contributed by atoms with Gasteiger partial charge in [-0.2, -0.15) is 0 Å². The number of rotatable bonds is 5. The first-order chi connectivity index (χ1) is 9.24. The second-order valence-electron chi connectivity index (χ2n) is 5.36. The van der Waals surface area contributed by atoms with Crippen LogP contribution < -0.4 is 5.32 Å². The Morgan fingerprint density at radius 2 is 1.16 bits per heavy atom. The number of hydrogen-bond acceptors (Lipinski definition) is 1. The molecule has 0 radical (unpaired) electrons. The predicted molar refractivity (Wildman–Crippen MR) is 82.4 cm³/mol. The van der Waals surface area contributed by atoms with Gasteiger partial charge in [0.15, 0.2) is 0 Å². The molecule has 0 amide bonds. The summed E-state index contributed by atoms with van der Waals surface area (Å²) < 4.78 is 0. The first kappa shape index (κ1) is 13.8. The highest BCUT2D eigenvalue weighted by atomic mass is 14.9. The van der Waals surface area contributed by atoms with Gasteiger partial charge in [0.05, 0.1) is 0 Å². The van der Waals surface area contributed by atoms with E-state index in [2.05, 4.69) is 86.9 Å². The van der Waals surface area contributed by atoms with E-state index in [1.54, 1.807) is 0 Å². The Kier molecular flexibility index (Phi) is 4.75. The fraction of sp³-hybridized carbons (Fsp3) is 0.333. The van der Waals surface area contributed by atoms with Gasteiger partial charge in [0.1, 0.15) is 0 Å². The SMILES string of the molecule is CN[C@@H](C(C)C)C(c1ccccc1)c1ccccc1. The minimum Gasteiger partial charge on any atom is -0.316 e. The Morgan fingerprint density at radius 1 is 0.737 bits per heavy atom. The van der Waals surface area contributed by atoms with Crippen molar-refractivity contribution >= 4 is 0 Å². The summed E-state index contributed by atoms with van der Waals surface area (Å²) in [6, 6.07) is 22.0. The molecule has 0 spiro atoms. The van der Waals surface area contributed by atoms with Crippen LogP contribution in [0.3, 0.4) is 0 Å². The van der Waals surface area contributed by atoms with E-state index in [4.69, 9.17) is 0 Å². The predicted octanol–water partition coefficient (Wildman–Crippen LogP) is 4.06.